The minimum absolute atomic E-state index is 0.0559. The Hall–Kier alpha value is -2.23. The van der Waals surface area contributed by atoms with E-state index in [1.54, 1.807) is 48.6 Å². The van der Waals surface area contributed by atoms with Gasteiger partial charge in [-0.15, -0.1) is 0 Å². The van der Waals surface area contributed by atoms with Gasteiger partial charge in [0.05, 0.1) is 5.69 Å². The van der Waals surface area contributed by atoms with E-state index in [0.29, 0.717) is 11.3 Å². The van der Waals surface area contributed by atoms with Crippen LogP contribution in [0.1, 0.15) is 10.4 Å². The molecule has 0 fully saturated rings. The number of carbonyl (C=O) groups is 1. The summed E-state index contributed by atoms with van der Waals surface area (Å²) in [7, 11) is 1.74. The highest BCUT2D eigenvalue weighted by molar-refractivity contribution is 6.05. The Balaban J connectivity index is 2.22. The fourth-order valence-corrected chi connectivity index (χ4v) is 1.46. The molecule has 0 aliphatic rings. The second-order valence-corrected chi connectivity index (χ2v) is 3.56. The van der Waals surface area contributed by atoms with Crippen LogP contribution >= 0.6 is 0 Å². The molecule has 0 unspecified atom stereocenters. The van der Waals surface area contributed by atoms with Crippen molar-refractivity contribution in [2.75, 3.05) is 17.7 Å². The van der Waals surface area contributed by atoms with Crippen LogP contribution in [0.15, 0.2) is 42.7 Å². The zero-order valence-electron chi connectivity index (χ0n) is 8.97. The molecule has 4 heteroatoms. The normalized spacial score (nSPS) is 10.1. The lowest BCUT2D eigenvalue weighted by Crippen LogP contribution is -2.25. The Morgan fingerprint density at radius 2 is 1.94 bits per heavy atom. The van der Waals surface area contributed by atoms with Crippen molar-refractivity contribution in [1.29, 1.82) is 0 Å². The van der Waals surface area contributed by atoms with Gasteiger partial charge >= 0.3 is 0 Å². The van der Waals surface area contributed by atoms with Crippen molar-refractivity contribution < 1.29 is 4.79 Å². The zero-order chi connectivity index (χ0) is 11.5. The fourth-order valence-electron chi connectivity index (χ4n) is 1.46. The first kappa shape index (κ1) is 10.3. The summed E-state index contributed by atoms with van der Waals surface area (Å²) in [5.41, 5.74) is 7.68. The molecular weight excluding hydrogens is 202 g/mol. The third-order valence-electron chi connectivity index (χ3n) is 2.43. The quantitative estimate of drug-likeness (QED) is 0.751. The number of nitrogen functional groups attached to an aromatic ring is 1. The lowest BCUT2D eigenvalue weighted by Gasteiger charge is -2.15. The number of anilines is 2. The van der Waals surface area contributed by atoms with E-state index < -0.39 is 0 Å². The van der Waals surface area contributed by atoms with Crippen molar-refractivity contribution in [3.8, 4) is 0 Å². The number of aromatic nitrogens is 1. The van der Waals surface area contributed by atoms with E-state index in [9.17, 15) is 4.79 Å². The number of benzene rings is 1. The number of aromatic amines is 1. The maximum Gasteiger partial charge on any atom is 0.258 e. The number of H-pyrrole nitrogens is 1. The molecule has 82 valence electrons. The van der Waals surface area contributed by atoms with E-state index in [0.717, 1.165) is 5.69 Å². The molecule has 0 aliphatic carbocycles. The van der Waals surface area contributed by atoms with Gasteiger partial charge < -0.3 is 15.6 Å². The predicted octanol–water partition coefficient (Wildman–Crippen LogP) is 1.87. The van der Waals surface area contributed by atoms with Crippen LogP contribution in [0.3, 0.4) is 0 Å². The summed E-state index contributed by atoms with van der Waals surface area (Å²) in [6, 6.07) is 8.73. The predicted molar refractivity (Wildman–Crippen MR) is 64.4 cm³/mol. The average Bonchev–Trinajstić information content (AvgIpc) is 2.81. The van der Waals surface area contributed by atoms with Gasteiger partial charge in [-0.3, -0.25) is 4.79 Å². The van der Waals surface area contributed by atoms with Crippen LogP contribution in [0.5, 0.6) is 0 Å². The molecule has 16 heavy (non-hydrogen) atoms. The van der Waals surface area contributed by atoms with Crippen LogP contribution in [-0.4, -0.2) is 17.9 Å². The van der Waals surface area contributed by atoms with Gasteiger partial charge in [-0.25, -0.2) is 0 Å². The highest BCUT2D eigenvalue weighted by Crippen LogP contribution is 2.15. The van der Waals surface area contributed by atoms with Crippen LogP contribution < -0.4 is 10.6 Å². The number of amides is 1. The second-order valence-electron chi connectivity index (χ2n) is 3.56. The zero-order valence-corrected chi connectivity index (χ0v) is 8.97. The molecule has 0 bridgehead atoms. The van der Waals surface area contributed by atoms with E-state index in [-0.39, 0.29) is 5.91 Å². The standard InChI is InChI=1S/C12H13N3O/c1-15(11-6-7-14-8-11)12(16)9-2-4-10(13)5-3-9/h2-8,14H,13H2,1H3. The van der Waals surface area contributed by atoms with Crippen molar-refractivity contribution in [3.05, 3.63) is 48.3 Å². The molecule has 0 saturated carbocycles. The Bertz CT molecular complexity index is 473. The summed E-state index contributed by atoms with van der Waals surface area (Å²) < 4.78 is 0. The molecule has 0 radical (unpaired) electrons. The number of rotatable bonds is 2. The molecule has 0 aliphatic heterocycles. The highest BCUT2D eigenvalue weighted by atomic mass is 16.2. The van der Waals surface area contributed by atoms with E-state index >= 15 is 0 Å². The number of nitrogens with one attached hydrogen (secondary N) is 1. The van der Waals surface area contributed by atoms with E-state index in [1.807, 2.05) is 6.07 Å². The summed E-state index contributed by atoms with van der Waals surface area (Å²) in [5.74, 6) is -0.0559. The van der Waals surface area contributed by atoms with E-state index in [4.69, 9.17) is 5.73 Å². The van der Waals surface area contributed by atoms with E-state index in [1.165, 1.54) is 0 Å². The van der Waals surface area contributed by atoms with Crippen LogP contribution in [0, 0.1) is 0 Å². The smallest absolute Gasteiger partial charge is 0.258 e. The minimum Gasteiger partial charge on any atom is -0.399 e. The van der Waals surface area contributed by atoms with Crippen LogP contribution in [0.2, 0.25) is 0 Å². The van der Waals surface area contributed by atoms with Crippen molar-refractivity contribution in [2.24, 2.45) is 0 Å². The number of hydrogen-bond acceptors (Lipinski definition) is 2. The van der Waals surface area contributed by atoms with Crippen molar-refractivity contribution in [3.63, 3.8) is 0 Å². The van der Waals surface area contributed by atoms with Gasteiger partial charge in [0.15, 0.2) is 0 Å². The third kappa shape index (κ3) is 1.91. The lowest BCUT2D eigenvalue weighted by molar-refractivity contribution is 0.0993. The molecule has 1 aromatic heterocycles. The molecular formula is C12H13N3O. The highest BCUT2D eigenvalue weighted by Gasteiger charge is 2.12. The summed E-state index contributed by atoms with van der Waals surface area (Å²) in [4.78, 5) is 16.5. The van der Waals surface area contributed by atoms with Crippen LogP contribution in [0.25, 0.3) is 0 Å². The summed E-state index contributed by atoms with van der Waals surface area (Å²) in [6.07, 6.45) is 3.55. The van der Waals surface area contributed by atoms with Crippen LogP contribution in [-0.2, 0) is 0 Å². The lowest BCUT2D eigenvalue weighted by atomic mass is 10.2. The number of nitrogens with two attached hydrogens (primary N) is 1. The van der Waals surface area contributed by atoms with Gasteiger partial charge in [0, 0.05) is 30.7 Å². The largest absolute Gasteiger partial charge is 0.399 e. The van der Waals surface area contributed by atoms with Gasteiger partial charge in [-0.1, -0.05) is 0 Å². The van der Waals surface area contributed by atoms with Crippen LogP contribution in [0.4, 0.5) is 11.4 Å². The fraction of sp³-hybridized carbons (Fsp3) is 0.0833. The average molecular weight is 215 g/mol. The summed E-state index contributed by atoms with van der Waals surface area (Å²) in [6.45, 7) is 0. The minimum atomic E-state index is -0.0559. The molecule has 0 saturated heterocycles. The molecule has 1 amide bonds. The van der Waals surface area contributed by atoms with E-state index in [2.05, 4.69) is 4.98 Å². The molecule has 4 nitrogen and oxygen atoms in total. The monoisotopic (exact) mass is 215 g/mol. The van der Waals surface area contributed by atoms with Crippen molar-refractivity contribution >= 4 is 17.3 Å². The molecule has 3 N–H and O–H groups in total. The second kappa shape index (κ2) is 4.10. The first-order valence-electron chi connectivity index (χ1n) is 4.95. The number of nitrogens with zero attached hydrogens (tertiary/aromatic N) is 1. The molecule has 0 spiro atoms. The summed E-state index contributed by atoms with van der Waals surface area (Å²) in [5, 5.41) is 0. The van der Waals surface area contributed by atoms with Gasteiger partial charge in [0.1, 0.15) is 0 Å². The maximum atomic E-state index is 12.0. The Kier molecular flexibility index (Phi) is 2.64. The Morgan fingerprint density at radius 3 is 2.50 bits per heavy atom. The van der Waals surface area contributed by atoms with Crippen molar-refractivity contribution in [1.82, 2.24) is 4.98 Å². The Labute approximate surface area is 93.7 Å². The van der Waals surface area contributed by atoms with Gasteiger partial charge in [-0.2, -0.15) is 0 Å². The topological polar surface area (TPSA) is 62.1 Å². The number of hydrogen-bond donors (Lipinski definition) is 2. The van der Waals surface area contributed by atoms with Gasteiger partial charge in [0.25, 0.3) is 5.91 Å². The SMILES string of the molecule is CN(C(=O)c1ccc(N)cc1)c1cc[nH]c1. The van der Waals surface area contributed by atoms with Crippen molar-refractivity contribution in [2.45, 2.75) is 0 Å². The maximum absolute atomic E-state index is 12.0. The number of carbonyl (C=O) groups excluding carboxylic acids is 1. The molecule has 1 heterocycles. The molecule has 2 rings (SSSR count). The first-order chi connectivity index (χ1) is 7.68. The third-order valence-corrected chi connectivity index (χ3v) is 2.43. The molecule has 2 aromatic rings. The van der Waals surface area contributed by atoms with Gasteiger partial charge in [-0.05, 0) is 30.3 Å². The molecule has 1 aromatic carbocycles. The first-order valence-corrected chi connectivity index (χ1v) is 4.95. The summed E-state index contributed by atoms with van der Waals surface area (Å²) >= 11 is 0. The molecule has 0 atom stereocenters. The Morgan fingerprint density at radius 1 is 1.25 bits per heavy atom. The van der Waals surface area contributed by atoms with Gasteiger partial charge in [0.2, 0.25) is 0 Å².